The molecule has 1 heterocycles. The second-order valence-electron chi connectivity index (χ2n) is 5.57. The molecule has 2 atom stereocenters. The van der Waals surface area contributed by atoms with Crippen LogP contribution < -0.4 is 5.73 Å². The molecule has 2 aromatic rings. The molecule has 1 fully saturated rings. The smallest absolute Gasteiger partial charge is 0.122 e. The van der Waals surface area contributed by atoms with Crippen LogP contribution in [0.4, 0.5) is 0 Å². The lowest BCUT2D eigenvalue weighted by Gasteiger charge is -2.37. The van der Waals surface area contributed by atoms with Gasteiger partial charge in [-0.05, 0) is 24.5 Å². The van der Waals surface area contributed by atoms with Crippen LogP contribution >= 0.6 is 12.4 Å². The van der Waals surface area contributed by atoms with E-state index in [-0.39, 0.29) is 18.4 Å². The summed E-state index contributed by atoms with van der Waals surface area (Å²) in [5.74, 6) is 0.298. The van der Waals surface area contributed by atoms with Gasteiger partial charge in [-0.15, -0.1) is 12.4 Å². The minimum absolute atomic E-state index is 0. The van der Waals surface area contributed by atoms with Gasteiger partial charge in [0, 0.05) is 18.6 Å². The molecular formula is C18H22ClNO. The molecule has 3 heteroatoms. The van der Waals surface area contributed by atoms with E-state index in [0.29, 0.717) is 5.92 Å². The number of hydrogen-bond donors (Lipinski definition) is 1. The maximum absolute atomic E-state index is 6.31. The van der Waals surface area contributed by atoms with E-state index in [1.165, 1.54) is 11.1 Å². The van der Waals surface area contributed by atoms with Crippen molar-refractivity contribution in [3.05, 3.63) is 71.8 Å². The quantitative estimate of drug-likeness (QED) is 0.937. The average molecular weight is 304 g/mol. The highest BCUT2D eigenvalue weighted by molar-refractivity contribution is 5.85. The summed E-state index contributed by atoms with van der Waals surface area (Å²) in [5, 5.41) is 0. The second kappa shape index (κ2) is 6.61. The molecule has 21 heavy (non-hydrogen) atoms. The van der Waals surface area contributed by atoms with Crippen molar-refractivity contribution in [1.29, 1.82) is 0 Å². The van der Waals surface area contributed by atoms with E-state index in [1.54, 1.807) is 0 Å². The van der Waals surface area contributed by atoms with Gasteiger partial charge < -0.3 is 10.5 Å². The van der Waals surface area contributed by atoms with Crippen molar-refractivity contribution >= 4 is 12.4 Å². The Labute approximate surface area is 132 Å². The summed E-state index contributed by atoms with van der Waals surface area (Å²) < 4.78 is 6.31. The SMILES string of the molecule is CC(N)C1CCOC1(c1ccccc1)c1ccccc1.Cl. The van der Waals surface area contributed by atoms with E-state index in [2.05, 4.69) is 55.5 Å². The fourth-order valence-electron chi connectivity index (χ4n) is 3.42. The van der Waals surface area contributed by atoms with E-state index in [4.69, 9.17) is 10.5 Å². The van der Waals surface area contributed by atoms with Crippen molar-refractivity contribution in [1.82, 2.24) is 0 Å². The number of hydrogen-bond acceptors (Lipinski definition) is 2. The Kier molecular flexibility index (Phi) is 5.04. The molecule has 0 amide bonds. The Balaban J connectivity index is 0.00000161. The van der Waals surface area contributed by atoms with E-state index >= 15 is 0 Å². The van der Waals surface area contributed by atoms with Crippen molar-refractivity contribution in [2.75, 3.05) is 6.61 Å². The number of ether oxygens (including phenoxy) is 1. The molecular weight excluding hydrogens is 282 g/mol. The summed E-state index contributed by atoms with van der Waals surface area (Å²) in [6.07, 6.45) is 1.00. The van der Waals surface area contributed by atoms with Crippen LogP contribution in [0.3, 0.4) is 0 Å². The highest BCUT2D eigenvalue weighted by atomic mass is 35.5. The Hall–Kier alpha value is -1.35. The first kappa shape index (κ1) is 16.0. The van der Waals surface area contributed by atoms with Gasteiger partial charge in [0.05, 0.1) is 0 Å². The number of rotatable bonds is 3. The van der Waals surface area contributed by atoms with Crippen molar-refractivity contribution in [2.24, 2.45) is 11.7 Å². The third-order valence-electron chi connectivity index (χ3n) is 4.32. The third kappa shape index (κ3) is 2.71. The predicted molar refractivity (Wildman–Crippen MR) is 88.6 cm³/mol. The van der Waals surface area contributed by atoms with Crippen molar-refractivity contribution < 1.29 is 4.74 Å². The number of halogens is 1. The Bertz CT molecular complexity index is 516. The first-order valence-electron chi connectivity index (χ1n) is 7.26. The summed E-state index contributed by atoms with van der Waals surface area (Å²) in [7, 11) is 0. The molecule has 0 bridgehead atoms. The van der Waals surface area contributed by atoms with Gasteiger partial charge >= 0.3 is 0 Å². The molecule has 2 nitrogen and oxygen atoms in total. The molecule has 2 aromatic carbocycles. The largest absolute Gasteiger partial charge is 0.365 e. The van der Waals surface area contributed by atoms with E-state index < -0.39 is 5.60 Å². The third-order valence-corrected chi connectivity index (χ3v) is 4.32. The minimum Gasteiger partial charge on any atom is -0.365 e. The van der Waals surface area contributed by atoms with Crippen LogP contribution in [0.5, 0.6) is 0 Å². The molecule has 3 rings (SSSR count). The molecule has 0 aliphatic carbocycles. The monoisotopic (exact) mass is 303 g/mol. The van der Waals surface area contributed by atoms with E-state index in [0.717, 1.165) is 13.0 Å². The summed E-state index contributed by atoms with van der Waals surface area (Å²) in [4.78, 5) is 0. The van der Waals surface area contributed by atoms with Gasteiger partial charge in [0.2, 0.25) is 0 Å². The molecule has 2 unspecified atom stereocenters. The van der Waals surface area contributed by atoms with Gasteiger partial charge in [0.15, 0.2) is 0 Å². The van der Waals surface area contributed by atoms with Crippen LogP contribution in [0.25, 0.3) is 0 Å². The van der Waals surface area contributed by atoms with Crippen LogP contribution in [0.2, 0.25) is 0 Å². The lowest BCUT2D eigenvalue weighted by molar-refractivity contribution is 0.00525. The lowest BCUT2D eigenvalue weighted by atomic mass is 9.73. The Morgan fingerprint density at radius 3 is 1.90 bits per heavy atom. The summed E-state index contributed by atoms with van der Waals surface area (Å²) >= 11 is 0. The van der Waals surface area contributed by atoms with Crippen LogP contribution in [0.15, 0.2) is 60.7 Å². The second-order valence-corrected chi connectivity index (χ2v) is 5.57. The maximum atomic E-state index is 6.31. The van der Waals surface area contributed by atoms with Gasteiger partial charge in [-0.25, -0.2) is 0 Å². The van der Waals surface area contributed by atoms with Crippen LogP contribution in [-0.2, 0) is 10.3 Å². The van der Waals surface area contributed by atoms with Crippen molar-refractivity contribution in [2.45, 2.75) is 25.0 Å². The molecule has 112 valence electrons. The zero-order chi connectivity index (χ0) is 14.0. The first-order chi connectivity index (χ1) is 9.75. The molecule has 2 N–H and O–H groups in total. The van der Waals surface area contributed by atoms with Crippen LogP contribution in [0, 0.1) is 5.92 Å². The maximum Gasteiger partial charge on any atom is 0.122 e. The van der Waals surface area contributed by atoms with Gasteiger partial charge in [-0.2, -0.15) is 0 Å². The van der Waals surface area contributed by atoms with Crippen molar-refractivity contribution in [3.8, 4) is 0 Å². The zero-order valence-electron chi connectivity index (χ0n) is 12.2. The number of benzene rings is 2. The molecule has 1 aliphatic heterocycles. The molecule has 0 radical (unpaired) electrons. The molecule has 1 aliphatic rings. The van der Waals surface area contributed by atoms with Gasteiger partial charge in [-0.1, -0.05) is 60.7 Å². The topological polar surface area (TPSA) is 35.2 Å². The van der Waals surface area contributed by atoms with E-state index in [9.17, 15) is 0 Å². The van der Waals surface area contributed by atoms with Gasteiger partial charge in [0.25, 0.3) is 0 Å². The highest BCUT2D eigenvalue weighted by Gasteiger charge is 2.48. The van der Waals surface area contributed by atoms with Crippen molar-refractivity contribution in [3.63, 3.8) is 0 Å². The van der Waals surface area contributed by atoms with Crippen LogP contribution in [-0.4, -0.2) is 12.6 Å². The lowest BCUT2D eigenvalue weighted by Crippen LogP contribution is -2.42. The average Bonchev–Trinajstić information content (AvgIpc) is 2.95. The normalized spacial score (nSPS) is 21.5. The molecule has 0 aromatic heterocycles. The summed E-state index contributed by atoms with van der Waals surface area (Å²) in [6.45, 7) is 2.84. The fourth-order valence-corrected chi connectivity index (χ4v) is 3.42. The minimum atomic E-state index is -0.406. The fraction of sp³-hybridized carbons (Fsp3) is 0.333. The molecule has 0 saturated carbocycles. The Morgan fingerprint density at radius 1 is 1.00 bits per heavy atom. The summed E-state index contributed by atoms with van der Waals surface area (Å²) in [6, 6.07) is 21.0. The standard InChI is InChI=1S/C18H21NO.ClH/c1-14(19)17-12-13-20-18(17,15-8-4-2-5-9-15)16-10-6-3-7-11-16;/h2-11,14,17H,12-13,19H2,1H3;1H. The predicted octanol–water partition coefficient (Wildman–Crippen LogP) is 3.74. The highest BCUT2D eigenvalue weighted by Crippen LogP contribution is 2.47. The van der Waals surface area contributed by atoms with Crippen LogP contribution in [0.1, 0.15) is 24.5 Å². The van der Waals surface area contributed by atoms with Gasteiger partial charge in [-0.3, -0.25) is 0 Å². The zero-order valence-corrected chi connectivity index (χ0v) is 13.1. The number of nitrogens with two attached hydrogens (primary N) is 1. The first-order valence-corrected chi connectivity index (χ1v) is 7.26. The molecule has 0 spiro atoms. The van der Waals surface area contributed by atoms with E-state index in [1.807, 2.05) is 12.1 Å². The molecule has 1 saturated heterocycles. The summed E-state index contributed by atoms with van der Waals surface area (Å²) in [5.41, 5.74) is 8.26. The Morgan fingerprint density at radius 2 is 1.48 bits per heavy atom. The van der Waals surface area contributed by atoms with Gasteiger partial charge in [0.1, 0.15) is 5.60 Å².